The van der Waals surface area contributed by atoms with E-state index in [4.69, 9.17) is 5.11 Å². The number of carboxylic acid groups (broad SMARTS) is 1. The average molecular weight is 176 g/mol. The summed E-state index contributed by atoms with van der Waals surface area (Å²) in [7, 11) is 0. The van der Waals surface area contributed by atoms with E-state index in [-0.39, 0.29) is 12.2 Å². The molecule has 0 aromatic heterocycles. The van der Waals surface area contributed by atoms with Gasteiger partial charge in [-0.1, -0.05) is 6.92 Å². The van der Waals surface area contributed by atoms with Crippen LogP contribution in [-0.2, 0) is 9.59 Å². The third-order valence-corrected chi connectivity index (χ3v) is 2.30. The lowest BCUT2D eigenvalue weighted by Gasteiger charge is -2.05. The second-order valence-corrected chi connectivity index (χ2v) is 3.20. The van der Waals surface area contributed by atoms with Crippen LogP contribution in [0, 0.1) is 0 Å². The van der Waals surface area contributed by atoms with Crippen molar-refractivity contribution in [2.24, 2.45) is 0 Å². The molecule has 1 N–H and O–H groups in total. The Kier molecular flexibility index (Phi) is 4.94. The molecule has 4 heteroatoms. The minimum Gasteiger partial charge on any atom is -0.480 e. The maximum atomic E-state index is 10.8. The minimum absolute atomic E-state index is 0.00625. The largest absolute Gasteiger partial charge is 0.480 e. The van der Waals surface area contributed by atoms with Crippen molar-refractivity contribution in [3.63, 3.8) is 0 Å². The highest BCUT2D eigenvalue weighted by molar-refractivity contribution is 7.99. The summed E-state index contributed by atoms with van der Waals surface area (Å²) in [5, 5.41) is 7.98. The third-order valence-electron chi connectivity index (χ3n) is 1.37. The summed E-state index contributed by atoms with van der Waals surface area (Å²) in [5.74, 6) is -0.897. The van der Waals surface area contributed by atoms with E-state index in [2.05, 4.69) is 0 Å². The highest BCUT2D eigenvalue weighted by Gasteiger charge is 2.18. The first-order valence-corrected chi connectivity index (χ1v) is 4.67. The maximum absolute atomic E-state index is 10.8. The zero-order valence-corrected chi connectivity index (χ0v) is 7.48. The van der Waals surface area contributed by atoms with Crippen molar-refractivity contribution in [3.05, 3.63) is 0 Å². The van der Waals surface area contributed by atoms with Crippen molar-refractivity contribution in [1.82, 2.24) is 0 Å². The van der Waals surface area contributed by atoms with E-state index in [1.165, 1.54) is 11.8 Å². The van der Waals surface area contributed by atoms with Crippen LogP contribution in [0.4, 0.5) is 0 Å². The molecule has 1 atom stereocenters. The van der Waals surface area contributed by atoms with Crippen molar-refractivity contribution in [2.75, 3.05) is 6.26 Å². The molecule has 3 nitrogen and oxygen atoms in total. The number of carboxylic acids is 1. The third kappa shape index (κ3) is 4.03. The van der Waals surface area contributed by atoms with Crippen LogP contribution in [0.5, 0.6) is 0 Å². The van der Waals surface area contributed by atoms with Crippen LogP contribution in [-0.4, -0.2) is 28.4 Å². The van der Waals surface area contributed by atoms with Crippen LogP contribution in [0.1, 0.15) is 19.8 Å². The highest BCUT2D eigenvalue weighted by atomic mass is 32.2. The van der Waals surface area contributed by atoms with Gasteiger partial charge in [0.1, 0.15) is 11.0 Å². The molecular formula is C7H12O3S. The number of aliphatic carboxylic acids is 1. The SMILES string of the molecule is CCC(=O)CC(SC)C(=O)O. The molecule has 1 unspecified atom stereocenters. The van der Waals surface area contributed by atoms with E-state index in [1.807, 2.05) is 0 Å². The standard InChI is InChI=1S/C7H12O3S/c1-3-5(8)4-6(11-2)7(9)10/h6H,3-4H2,1-2H3,(H,9,10). The molecule has 0 heterocycles. The van der Waals surface area contributed by atoms with Gasteiger partial charge in [0, 0.05) is 12.8 Å². The van der Waals surface area contributed by atoms with Gasteiger partial charge in [0.25, 0.3) is 0 Å². The van der Waals surface area contributed by atoms with E-state index < -0.39 is 11.2 Å². The Morgan fingerprint density at radius 2 is 2.09 bits per heavy atom. The molecule has 0 spiro atoms. The Hall–Kier alpha value is -0.510. The van der Waals surface area contributed by atoms with E-state index in [9.17, 15) is 9.59 Å². The Morgan fingerprint density at radius 1 is 1.55 bits per heavy atom. The van der Waals surface area contributed by atoms with Crippen LogP contribution in [0.3, 0.4) is 0 Å². The van der Waals surface area contributed by atoms with Gasteiger partial charge in [0.05, 0.1) is 0 Å². The lowest BCUT2D eigenvalue weighted by molar-refractivity contribution is -0.137. The lowest BCUT2D eigenvalue weighted by atomic mass is 10.2. The highest BCUT2D eigenvalue weighted by Crippen LogP contribution is 2.12. The van der Waals surface area contributed by atoms with Crippen molar-refractivity contribution in [1.29, 1.82) is 0 Å². The van der Waals surface area contributed by atoms with Gasteiger partial charge < -0.3 is 5.11 Å². The molecule has 0 radical (unpaired) electrons. The van der Waals surface area contributed by atoms with Crippen LogP contribution >= 0.6 is 11.8 Å². The molecule has 0 amide bonds. The molecule has 0 bridgehead atoms. The molecular weight excluding hydrogens is 164 g/mol. The Morgan fingerprint density at radius 3 is 2.36 bits per heavy atom. The molecule has 0 saturated heterocycles. The number of hydrogen-bond acceptors (Lipinski definition) is 3. The number of thioether (sulfide) groups is 1. The second-order valence-electron chi connectivity index (χ2n) is 2.16. The Labute approximate surface area is 70.2 Å². The van der Waals surface area contributed by atoms with Gasteiger partial charge >= 0.3 is 5.97 Å². The fraction of sp³-hybridized carbons (Fsp3) is 0.714. The second kappa shape index (κ2) is 5.18. The van der Waals surface area contributed by atoms with Crippen molar-refractivity contribution < 1.29 is 14.7 Å². The normalized spacial score (nSPS) is 12.5. The van der Waals surface area contributed by atoms with E-state index in [0.717, 1.165) is 0 Å². The molecule has 11 heavy (non-hydrogen) atoms. The van der Waals surface area contributed by atoms with Gasteiger partial charge in [-0.25, -0.2) is 0 Å². The molecule has 0 aromatic rings. The summed E-state index contributed by atoms with van der Waals surface area (Å²) in [4.78, 5) is 21.2. The van der Waals surface area contributed by atoms with E-state index in [1.54, 1.807) is 13.2 Å². The van der Waals surface area contributed by atoms with E-state index in [0.29, 0.717) is 6.42 Å². The molecule has 0 aliphatic rings. The molecule has 0 aliphatic carbocycles. The van der Waals surface area contributed by atoms with Crippen LogP contribution in [0.2, 0.25) is 0 Å². The minimum atomic E-state index is -0.903. The number of Topliss-reactive ketones (excluding diaryl/α,β-unsaturated/α-hetero) is 1. The van der Waals surface area contributed by atoms with Gasteiger partial charge in [-0.15, -0.1) is 11.8 Å². The summed E-state index contributed by atoms with van der Waals surface area (Å²) in [6.45, 7) is 1.74. The number of hydrogen-bond donors (Lipinski definition) is 1. The number of rotatable bonds is 5. The summed E-state index contributed by atoms with van der Waals surface area (Å²) in [6.07, 6.45) is 2.26. The van der Waals surface area contributed by atoms with Crippen LogP contribution < -0.4 is 0 Å². The monoisotopic (exact) mass is 176 g/mol. The van der Waals surface area contributed by atoms with Gasteiger partial charge in [-0.3, -0.25) is 9.59 Å². The van der Waals surface area contributed by atoms with Gasteiger partial charge in [0.2, 0.25) is 0 Å². The predicted octanol–water partition coefficient (Wildman–Crippen LogP) is 1.17. The predicted molar refractivity (Wildman–Crippen MR) is 44.9 cm³/mol. The van der Waals surface area contributed by atoms with Crippen molar-refractivity contribution in [2.45, 2.75) is 25.0 Å². The molecule has 0 rings (SSSR count). The quantitative estimate of drug-likeness (QED) is 0.683. The zero-order chi connectivity index (χ0) is 8.85. The summed E-state index contributed by atoms with van der Waals surface area (Å²) < 4.78 is 0. The van der Waals surface area contributed by atoms with Crippen molar-refractivity contribution in [3.8, 4) is 0 Å². The molecule has 0 saturated carbocycles. The number of carbonyl (C=O) groups is 2. The first-order chi connectivity index (χ1) is 5.11. The lowest BCUT2D eigenvalue weighted by Crippen LogP contribution is -2.19. The summed E-state index contributed by atoms with van der Waals surface area (Å²) >= 11 is 1.20. The topological polar surface area (TPSA) is 54.4 Å². The molecule has 0 fully saturated rings. The first-order valence-electron chi connectivity index (χ1n) is 3.39. The summed E-state index contributed by atoms with van der Waals surface area (Å²) in [6, 6.07) is 0. The molecule has 64 valence electrons. The molecule has 0 aromatic carbocycles. The zero-order valence-electron chi connectivity index (χ0n) is 6.66. The van der Waals surface area contributed by atoms with Gasteiger partial charge in [0.15, 0.2) is 0 Å². The maximum Gasteiger partial charge on any atom is 0.317 e. The fourth-order valence-corrected chi connectivity index (χ4v) is 1.18. The van der Waals surface area contributed by atoms with Crippen LogP contribution in [0.25, 0.3) is 0 Å². The van der Waals surface area contributed by atoms with Crippen LogP contribution in [0.15, 0.2) is 0 Å². The summed E-state index contributed by atoms with van der Waals surface area (Å²) in [5.41, 5.74) is 0. The fourth-order valence-electron chi connectivity index (χ4n) is 0.623. The Balaban J connectivity index is 3.88. The number of carbonyl (C=O) groups excluding carboxylic acids is 1. The number of ketones is 1. The average Bonchev–Trinajstić information content (AvgIpc) is 1.99. The first kappa shape index (κ1) is 10.5. The Bertz CT molecular complexity index is 156. The van der Waals surface area contributed by atoms with Crippen molar-refractivity contribution >= 4 is 23.5 Å². The smallest absolute Gasteiger partial charge is 0.317 e. The van der Waals surface area contributed by atoms with Gasteiger partial charge in [-0.05, 0) is 6.26 Å². The molecule has 0 aliphatic heterocycles. The van der Waals surface area contributed by atoms with Gasteiger partial charge in [-0.2, -0.15) is 0 Å². The van der Waals surface area contributed by atoms with E-state index >= 15 is 0 Å².